The van der Waals surface area contributed by atoms with E-state index in [-0.39, 0.29) is 35.7 Å². The van der Waals surface area contributed by atoms with Crippen molar-refractivity contribution in [3.63, 3.8) is 0 Å². The summed E-state index contributed by atoms with van der Waals surface area (Å²) in [5, 5.41) is 12.3. The first-order valence-electron chi connectivity index (χ1n) is 15.7. The fourth-order valence-electron chi connectivity index (χ4n) is 8.51. The maximum atomic E-state index is 13.6. The molecule has 2 saturated carbocycles. The third kappa shape index (κ3) is 5.49. The van der Waals surface area contributed by atoms with Crippen LogP contribution >= 0.6 is 0 Å². The number of rotatable bonds is 6. The minimum absolute atomic E-state index is 0.0246. The number of aromatic nitrogens is 1. The van der Waals surface area contributed by atoms with Gasteiger partial charge in [0.15, 0.2) is 0 Å². The molecule has 2 aliphatic carbocycles. The topological polar surface area (TPSA) is 182 Å². The lowest BCUT2D eigenvalue weighted by molar-refractivity contribution is -0.266. The standard InChI is InChI=1S/C35H37NO12/c1-18(37)44-17-34(4)24-14-26(47-31(41)21-8-9-27(39)43-16-21)35(5)30(33(24,3)11-10-25(34)45-19(2)38)29(40)28-23(48-35)13-22(46-32(28)42)20-7-6-12-36-15-20/h6-9,12-13,15-16,24-26,29-30,40H,10-11,14,17H2,1-5H3/t24?,25-,26-,29-,30?,33-,34?,35+/m0/s1. The van der Waals surface area contributed by atoms with Gasteiger partial charge < -0.3 is 32.9 Å². The number of aliphatic hydroxyl groups excluding tert-OH is 1. The first-order chi connectivity index (χ1) is 22.7. The third-order valence-corrected chi connectivity index (χ3v) is 10.6. The summed E-state index contributed by atoms with van der Waals surface area (Å²) in [5.41, 5.74) is -4.30. The summed E-state index contributed by atoms with van der Waals surface area (Å²) in [7, 11) is 0. The molecule has 0 radical (unpaired) electrons. The number of hydrogen-bond donors (Lipinski definition) is 1. The average molecular weight is 664 g/mol. The Morgan fingerprint density at radius 2 is 1.81 bits per heavy atom. The molecule has 3 unspecified atom stereocenters. The van der Waals surface area contributed by atoms with Gasteiger partial charge in [0.25, 0.3) is 0 Å². The smallest absolute Gasteiger partial charge is 0.345 e. The zero-order valence-electron chi connectivity index (χ0n) is 27.2. The van der Waals surface area contributed by atoms with Crippen molar-refractivity contribution in [1.29, 1.82) is 0 Å². The molecule has 4 heterocycles. The van der Waals surface area contributed by atoms with Gasteiger partial charge in [-0.25, -0.2) is 14.4 Å². The number of aliphatic hydroxyl groups is 1. The van der Waals surface area contributed by atoms with Crippen molar-refractivity contribution in [2.75, 3.05) is 6.61 Å². The van der Waals surface area contributed by atoms with Crippen LogP contribution in [-0.4, -0.2) is 52.4 Å². The molecule has 1 aliphatic heterocycles. The van der Waals surface area contributed by atoms with E-state index in [4.69, 9.17) is 27.8 Å². The molecule has 254 valence electrons. The third-order valence-electron chi connectivity index (χ3n) is 10.6. The molecule has 3 aromatic heterocycles. The van der Waals surface area contributed by atoms with Gasteiger partial charge in [0.1, 0.15) is 47.8 Å². The number of fused-ring (bicyclic) bond motifs is 4. The van der Waals surface area contributed by atoms with Gasteiger partial charge in [0, 0.05) is 55.3 Å². The van der Waals surface area contributed by atoms with Crippen LogP contribution in [0.4, 0.5) is 0 Å². The van der Waals surface area contributed by atoms with Crippen LogP contribution in [0.1, 0.15) is 75.9 Å². The van der Waals surface area contributed by atoms with Crippen molar-refractivity contribution in [2.45, 2.75) is 77.8 Å². The first kappa shape index (κ1) is 33.1. The Morgan fingerprint density at radius 3 is 2.46 bits per heavy atom. The van der Waals surface area contributed by atoms with Crippen molar-refractivity contribution >= 4 is 17.9 Å². The van der Waals surface area contributed by atoms with E-state index in [1.807, 2.05) is 13.8 Å². The molecule has 0 aromatic carbocycles. The van der Waals surface area contributed by atoms with Crippen LogP contribution in [0.25, 0.3) is 11.3 Å². The molecule has 0 spiro atoms. The van der Waals surface area contributed by atoms with E-state index in [0.717, 1.165) is 12.3 Å². The zero-order valence-corrected chi connectivity index (χ0v) is 27.2. The van der Waals surface area contributed by atoms with Gasteiger partial charge in [-0.15, -0.1) is 0 Å². The molecular formula is C35H37NO12. The van der Waals surface area contributed by atoms with E-state index in [1.165, 1.54) is 32.2 Å². The first-order valence-corrected chi connectivity index (χ1v) is 15.7. The predicted octanol–water partition coefficient (Wildman–Crippen LogP) is 4.00. The molecule has 0 bridgehead atoms. The Labute approximate surface area is 275 Å². The highest BCUT2D eigenvalue weighted by Gasteiger charge is 2.71. The summed E-state index contributed by atoms with van der Waals surface area (Å²) < 4.78 is 34.8. The van der Waals surface area contributed by atoms with E-state index in [2.05, 4.69) is 4.98 Å². The Balaban J connectivity index is 1.51. The lowest BCUT2D eigenvalue weighted by atomic mass is 9.42. The number of carbonyl (C=O) groups is 3. The second kappa shape index (κ2) is 12.0. The van der Waals surface area contributed by atoms with Gasteiger partial charge >= 0.3 is 29.2 Å². The number of esters is 3. The van der Waals surface area contributed by atoms with Gasteiger partial charge in [-0.1, -0.05) is 13.8 Å². The highest BCUT2D eigenvalue weighted by atomic mass is 16.6. The van der Waals surface area contributed by atoms with Crippen LogP contribution < -0.4 is 16.0 Å². The molecule has 1 N–H and O–H groups in total. The van der Waals surface area contributed by atoms with Crippen LogP contribution in [0.3, 0.4) is 0 Å². The molecule has 2 fully saturated rings. The van der Waals surface area contributed by atoms with Gasteiger partial charge in [0.2, 0.25) is 0 Å². The van der Waals surface area contributed by atoms with Crippen LogP contribution in [0.2, 0.25) is 0 Å². The molecule has 0 amide bonds. The SMILES string of the molecule is CC(=O)OCC1(C)C2C[C@H](OC(=O)c3ccc(=O)oc3)[C@@]3(C)Oc4cc(-c5cccnc5)oc(=O)c4[C@H](O)C3[C@@]2(C)CC[C@@H]1OC(C)=O. The molecule has 3 aromatic rings. The van der Waals surface area contributed by atoms with E-state index >= 15 is 0 Å². The Kier molecular flexibility index (Phi) is 8.30. The maximum Gasteiger partial charge on any atom is 0.345 e. The van der Waals surface area contributed by atoms with Crippen LogP contribution in [0.15, 0.2) is 67.4 Å². The van der Waals surface area contributed by atoms with Crippen molar-refractivity contribution in [2.24, 2.45) is 22.7 Å². The number of ether oxygens (including phenoxy) is 4. The molecule has 3 aliphatic rings. The summed E-state index contributed by atoms with van der Waals surface area (Å²) in [6.45, 7) is 7.99. The van der Waals surface area contributed by atoms with Crippen molar-refractivity contribution in [3.05, 3.63) is 81.0 Å². The van der Waals surface area contributed by atoms with Gasteiger partial charge in [-0.05, 0) is 55.7 Å². The monoisotopic (exact) mass is 663 g/mol. The summed E-state index contributed by atoms with van der Waals surface area (Å²) in [5.74, 6) is -2.99. The zero-order chi connectivity index (χ0) is 34.6. The van der Waals surface area contributed by atoms with Gasteiger partial charge in [0.05, 0.1) is 11.7 Å². The Hall–Kier alpha value is -4.78. The summed E-state index contributed by atoms with van der Waals surface area (Å²) >= 11 is 0. The molecule has 13 heteroatoms. The van der Waals surface area contributed by atoms with Gasteiger partial charge in [-0.2, -0.15) is 0 Å². The quantitative estimate of drug-likeness (QED) is 0.295. The number of nitrogens with zero attached hydrogens (tertiary/aromatic N) is 1. The number of carbonyl (C=O) groups excluding carboxylic acids is 3. The van der Waals surface area contributed by atoms with E-state index < -0.39 is 75.7 Å². The number of pyridine rings is 1. The van der Waals surface area contributed by atoms with Crippen LogP contribution in [0.5, 0.6) is 5.75 Å². The van der Waals surface area contributed by atoms with Crippen molar-refractivity contribution in [1.82, 2.24) is 4.98 Å². The second-order valence-corrected chi connectivity index (χ2v) is 13.6. The van der Waals surface area contributed by atoms with E-state index in [0.29, 0.717) is 18.4 Å². The molecule has 48 heavy (non-hydrogen) atoms. The van der Waals surface area contributed by atoms with Crippen LogP contribution in [-0.2, 0) is 23.8 Å². The second-order valence-electron chi connectivity index (χ2n) is 13.6. The average Bonchev–Trinajstić information content (AvgIpc) is 3.02. The largest absolute Gasteiger partial charge is 0.482 e. The summed E-state index contributed by atoms with van der Waals surface area (Å²) in [4.78, 5) is 67.2. The molecule has 0 saturated heterocycles. The van der Waals surface area contributed by atoms with E-state index in [9.17, 15) is 29.1 Å². The lowest BCUT2D eigenvalue weighted by Crippen LogP contribution is -2.71. The molecule has 6 rings (SSSR count). The minimum atomic E-state index is -1.44. The van der Waals surface area contributed by atoms with Gasteiger partial charge in [-0.3, -0.25) is 14.6 Å². The normalized spacial score (nSPS) is 32.0. The molecule has 13 nitrogen and oxygen atoms in total. The number of hydrogen-bond acceptors (Lipinski definition) is 13. The minimum Gasteiger partial charge on any atom is -0.482 e. The van der Waals surface area contributed by atoms with E-state index in [1.54, 1.807) is 25.3 Å². The molecule has 8 atom stereocenters. The highest BCUT2D eigenvalue weighted by molar-refractivity contribution is 5.89. The van der Waals surface area contributed by atoms with Crippen molar-refractivity contribution < 1.29 is 47.3 Å². The summed E-state index contributed by atoms with van der Waals surface area (Å²) in [6, 6.07) is 7.28. The fraction of sp³-hybridized carbons (Fsp3) is 0.486. The Morgan fingerprint density at radius 1 is 1.04 bits per heavy atom. The highest BCUT2D eigenvalue weighted by Crippen LogP contribution is 2.67. The maximum absolute atomic E-state index is 13.6. The lowest BCUT2D eigenvalue weighted by Gasteiger charge is -2.66. The molecular weight excluding hydrogens is 626 g/mol. The van der Waals surface area contributed by atoms with Crippen molar-refractivity contribution in [3.8, 4) is 17.1 Å². The summed E-state index contributed by atoms with van der Waals surface area (Å²) in [6.07, 6.45) is 1.83. The Bertz CT molecular complexity index is 1850. The van der Waals surface area contributed by atoms with Crippen LogP contribution in [0, 0.1) is 22.7 Å². The predicted molar refractivity (Wildman–Crippen MR) is 166 cm³/mol. The fourth-order valence-corrected chi connectivity index (χ4v) is 8.51.